The minimum atomic E-state index is -1.18. The molecule has 0 saturated carbocycles. The molecule has 2 aliphatic rings. The molecule has 1 aromatic carbocycles. The summed E-state index contributed by atoms with van der Waals surface area (Å²) in [5.74, 6) is -0.918. The van der Waals surface area contributed by atoms with Crippen molar-refractivity contribution in [2.75, 3.05) is 38.2 Å². The number of carbonyl (C=O) groups is 4. The smallest absolute Gasteiger partial charge is 0.262 e. The number of thiophene rings is 1. The molecule has 180 valence electrons. The van der Waals surface area contributed by atoms with E-state index in [0.29, 0.717) is 54.4 Å². The average Bonchev–Trinajstić information content (AvgIpc) is 3.40. The van der Waals surface area contributed by atoms with Gasteiger partial charge in [0.05, 0.1) is 15.3 Å². The van der Waals surface area contributed by atoms with Crippen LogP contribution in [0, 0.1) is 6.92 Å². The Labute approximate surface area is 209 Å². The lowest BCUT2D eigenvalue weighted by atomic mass is 9.96. The van der Waals surface area contributed by atoms with Crippen LogP contribution in [-0.4, -0.2) is 66.9 Å². The van der Waals surface area contributed by atoms with Gasteiger partial charge in [-0.2, -0.15) is 0 Å². The fourth-order valence-corrected chi connectivity index (χ4v) is 5.27. The standard InChI is InChI=1S/C23H25BrN4O5S/c1-14-12-15(2-3-16(14)21(31)28-9-6-19(29)25-8-10-28)26-22(32)23(7-11-33-13-23)27-20(30)17-4-5-18(24)34-17/h2-5,12H,6-11,13H2,1H3,(H,25,29)(H,26,32)(H,27,30). The van der Waals surface area contributed by atoms with Gasteiger partial charge in [-0.3, -0.25) is 19.2 Å². The minimum Gasteiger partial charge on any atom is -0.378 e. The molecule has 11 heteroatoms. The largest absolute Gasteiger partial charge is 0.378 e. The van der Waals surface area contributed by atoms with Crippen LogP contribution in [-0.2, 0) is 14.3 Å². The van der Waals surface area contributed by atoms with Crippen molar-refractivity contribution in [2.45, 2.75) is 25.3 Å². The number of aryl methyl sites for hydroxylation is 1. The first-order valence-corrected chi connectivity index (χ1v) is 12.5. The molecule has 0 radical (unpaired) electrons. The summed E-state index contributed by atoms with van der Waals surface area (Å²) >= 11 is 4.63. The summed E-state index contributed by atoms with van der Waals surface area (Å²) in [6, 6.07) is 8.55. The lowest BCUT2D eigenvalue weighted by Gasteiger charge is -2.27. The van der Waals surface area contributed by atoms with E-state index in [4.69, 9.17) is 4.74 Å². The first-order chi connectivity index (χ1) is 16.3. The van der Waals surface area contributed by atoms with E-state index in [1.807, 2.05) is 0 Å². The zero-order valence-electron chi connectivity index (χ0n) is 18.6. The molecule has 0 spiro atoms. The van der Waals surface area contributed by atoms with Crippen molar-refractivity contribution >= 4 is 56.6 Å². The average molecular weight is 549 g/mol. The van der Waals surface area contributed by atoms with Gasteiger partial charge >= 0.3 is 0 Å². The third kappa shape index (κ3) is 5.31. The monoisotopic (exact) mass is 548 g/mol. The first kappa shape index (κ1) is 24.4. The van der Waals surface area contributed by atoms with Gasteiger partial charge < -0.3 is 25.6 Å². The van der Waals surface area contributed by atoms with Crippen LogP contribution in [0.5, 0.6) is 0 Å². The summed E-state index contributed by atoms with van der Waals surface area (Å²) in [5, 5.41) is 8.49. The summed E-state index contributed by atoms with van der Waals surface area (Å²) < 4.78 is 6.29. The van der Waals surface area contributed by atoms with Gasteiger partial charge in [0.2, 0.25) is 5.91 Å². The first-order valence-electron chi connectivity index (χ1n) is 10.9. The van der Waals surface area contributed by atoms with E-state index in [0.717, 1.165) is 3.79 Å². The van der Waals surface area contributed by atoms with Gasteiger partial charge in [0.25, 0.3) is 17.7 Å². The molecule has 1 unspecified atom stereocenters. The van der Waals surface area contributed by atoms with Crippen LogP contribution in [0.2, 0.25) is 0 Å². The molecule has 4 amide bonds. The Morgan fingerprint density at radius 1 is 1.21 bits per heavy atom. The van der Waals surface area contributed by atoms with Crippen molar-refractivity contribution in [1.82, 2.24) is 15.5 Å². The minimum absolute atomic E-state index is 0.0614. The van der Waals surface area contributed by atoms with Gasteiger partial charge in [0.1, 0.15) is 5.54 Å². The summed E-state index contributed by atoms with van der Waals surface area (Å²) in [6.45, 7) is 3.48. The highest BCUT2D eigenvalue weighted by Crippen LogP contribution is 2.26. The molecular formula is C23H25BrN4O5S. The van der Waals surface area contributed by atoms with Crippen molar-refractivity contribution in [3.05, 3.63) is 50.1 Å². The van der Waals surface area contributed by atoms with Crippen LogP contribution in [0.4, 0.5) is 5.69 Å². The lowest BCUT2D eigenvalue weighted by molar-refractivity contribution is -0.122. The maximum absolute atomic E-state index is 13.2. The van der Waals surface area contributed by atoms with Gasteiger partial charge in [0, 0.05) is 50.3 Å². The number of hydrogen-bond acceptors (Lipinski definition) is 6. The number of benzene rings is 1. The summed E-state index contributed by atoms with van der Waals surface area (Å²) in [7, 11) is 0. The van der Waals surface area contributed by atoms with Crippen molar-refractivity contribution in [2.24, 2.45) is 0 Å². The number of nitrogens with one attached hydrogen (secondary N) is 3. The second-order valence-corrected chi connectivity index (χ2v) is 10.8. The normalized spacial score (nSPS) is 20.4. The third-order valence-corrected chi connectivity index (χ3v) is 7.54. The highest BCUT2D eigenvalue weighted by molar-refractivity contribution is 9.11. The van der Waals surface area contributed by atoms with E-state index >= 15 is 0 Å². The zero-order valence-corrected chi connectivity index (χ0v) is 21.0. The maximum atomic E-state index is 13.2. The molecule has 1 aromatic heterocycles. The van der Waals surface area contributed by atoms with Crippen LogP contribution in [0.1, 0.15) is 38.4 Å². The number of nitrogens with zero attached hydrogens (tertiary/aromatic N) is 1. The molecule has 2 aliphatic heterocycles. The Morgan fingerprint density at radius 2 is 2.03 bits per heavy atom. The highest BCUT2D eigenvalue weighted by atomic mass is 79.9. The van der Waals surface area contributed by atoms with Crippen molar-refractivity contribution < 1.29 is 23.9 Å². The number of carbonyl (C=O) groups excluding carboxylic acids is 4. The van der Waals surface area contributed by atoms with Gasteiger partial charge in [-0.15, -0.1) is 11.3 Å². The van der Waals surface area contributed by atoms with Gasteiger partial charge in [0.15, 0.2) is 0 Å². The van der Waals surface area contributed by atoms with Crippen LogP contribution in [0.25, 0.3) is 0 Å². The zero-order chi connectivity index (χ0) is 24.3. The molecule has 0 aliphatic carbocycles. The molecule has 2 aromatic rings. The molecule has 0 bridgehead atoms. The maximum Gasteiger partial charge on any atom is 0.262 e. The fraction of sp³-hybridized carbons (Fsp3) is 0.391. The van der Waals surface area contributed by atoms with Crippen LogP contribution < -0.4 is 16.0 Å². The second-order valence-electron chi connectivity index (χ2n) is 8.32. The molecule has 3 N–H and O–H groups in total. The SMILES string of the molecule is Cc1cc(NC(=O)C2(NC(=O)c3ccc(Br)s3)CCOC2)ccc1C(=O)N1CCNC(=O)CC1. The fourth-order valence-electron chi connectivity index (χ4n) is 3.99. The molecule has 2 fully saturated rings. The quantitative estimate of drug-likeness (QED) is 0.530. The number of amides is 4. The number of halogens is 1. The van der Waals surface area contributed by atoms with Gasteiger partial charge in [-0.05, 0) is 58.7 Å². The Bertz CT molecular complexity index is 1130. The van der Waals surface area contributed by atoms with Gasteiger partial charge in [-0.25, -0.2) is 0 Å². The summed E-state index contributed by atoms with van der Waals surface area (Å²) in [4.78, 5) is 52.6. The predicted octanol–water partition coefficient (Wildman–Crippen LogP) is 2.31. The molecule has 2 saturated heterocycles. The number of hydrogen-bond donors (Lipinski definition) is 3. The number of rotatable bonds is 5. The Morgan fingerprint density at radius 3 is 2.71 bits per heavy atom. The molecule has 4 rings (SSSR count). The summed E-state index contributed by atoms with van der Waals surface area (Å²) in [5.41, 5.74) is 0.561. The van der Waals surface area contributed by atoms with Crippen molar-refractivity contribution in [1.29, 1.82) is 0 Å². The van der Waals surface area contributed by atoms with Crippen LogP contribution in [0.15, 0.2) is 34.1 Å². The molecular weight excluding hydrogens is 524 g/mol. The van der Waals surface area contributed by atoms with Crippen LogP contribution in [0.3, 0.4) is 0 Å². The predicted molar refractivity (Wildman–Crippen MR) is 131 cm³/mol. The topological polar surface area (TPSA) is 117 Å². The Hall–Kier alpha value is -2.76. The molecule has 1 atom stereocenters. The van der Waals surface area contributed by atoms with E-state index in [9.17, 15) is 19.2 Å². The van der Waals surface area contributed by atoms with Gasteiger partial charge in [-0.1, -0.05) is 0 Å². The molecule has 34 heavy (non-hydrogen) atoms. The lowest BCUT2D eigenvalue weighted by Crippen LogP contribution is -2.57. The molecule has 3 heterocycles. The third-order valence-electron chi connectivity index (χ3n) is 5.92. The van der Waals surface area contributed by atoms with E-state index in [2.05, 4.69) is 31.9 Å². The Balaban J connectivity index is 1.46. The van der Waals surface area contributed by atoms with Crippen LogP contribution >= 0.6 is 27.3 Å². The Kier molecular flexibility index (Phi) is 7.34. The summed E-state index contributed by atoms with van der Waals surface area (Å²) in [6.07, 6.45) is 0.631. The number of anilines is 1. The second kappa shape index (κ2) is 10.2. The van der Waals surface area contributed by atoms with E-state index in [-0.39, 0.29) is 36.7 Å². The van der Waals surface area contributed by atoms with E-state index in [1.165, 1.54) is 11.3 Å². The highest BCUT2D eigenvalue weighted by Gasteiger charge is 2.44. The van der Waals surface area contributed by atoms with E-state index in [1.54, 1.807) is 42.2 Å². The number of ether oxygens (including phenoxy) is 1. The van der Waals surface area contributed by atoms with Crippen molar-refractivity contribution in [3.8, 4) is 0 Å². The van der Waals surface area contributed by atoms with E-state index < -0.39 is 5.54 Å². The molecule has 9 nitrogen and oxygen atoms in total. The van der Waals surface area contributed by atoms with Crippen molar-refractivity contribution in [3.63, 3.8) is 0 Å².